The van der Waals surface area contributed by atoms with Crippen molar-refractivity contribution in [1.29, 1.82) is 0 Å². The lowest BCUT2D eigenvalue weighted by molar-refractivity contribution is 0.102. The fourth-order valence-electron chi connectivity index (χ4n) is 1.26. The number of carbonyl (C=O) groups excluding carboxylic acids is 1. The topological polar surface area (TPSA) is 98.7 Å². The van der Waals surface area contributed by atoms with E-state index in [1.165, 1.54) is 11.3 Å². The minimum Gasteiger partial charge on any atom is -0.335 e. The van der Waals surface area contributed by atoms with Crippen LogP contribution in [-0.2, 0) is 6.54 Å². The standard InChI is InChI=1S/C9H12N6OS/c1-6-13-14-9(17-6)12-8(16)7-4-15(3-2-10)5-11-7/h4-5H,2-3,10H2,1H3,(H,12,14,16). The van der Waals surface area contributed by atoms with E-state index < -0.39 is 0 Å². The van der Waals surface area contributed by atoms with Gasteiger partial charge in [0.25, 0.3) is 5.91 Å². The molecule has 0 spiro atoms. The third-order valence-electron chi connectivity index (χ3n) is 2.00. The van der Waals surface area contributed by atoms with Crippen LogP contribution in [0.5, 0.6) is 0 Å². The molecule has 0 aliphatic rings. The van der Waals surface area contributed by atoms with Gasteiger partial charge in [0.15, 0.2) is 0 Å². The number of anilines is 1. The number of aryl methyl sites for hydroxylation is 1. The van der Waals surface area contributed by atoms with Gasteiger partial charge < -0.3 is 10.3 Å². The van der Waals surface area contributed by atoms with Gasteiger partial charge in [-0.1, -0.05) is 11.3 Å². The van der Waals surface area contributed by atoms with E-state index in [4.69, 9.17) is 5.73 Å². The summed E-state index contributed by atoms with van der Waals surface area (Å²) < 4.78 is 1.76. The zero-order valence-corrected chi connectivity index (χ0v) is 10.1. The average Bonchev–Trinajstić information content (AvgIpc) is 2.88. The number of nitrogens with two attached hydrogens (primary N) is 1. The summed E-state index contributed by atoms with van der Waals surface area (Å²) in [4.78, 5) is 15.8. The normalized spacial score (nSPS) is 10.5. The summed E-state index contributed by atoms with van der Waals surface area (Å²) in [6.07, 6.45) is 3.23. The number of nitrogens with zero attached hydrogens (tertiary/aromatic N) is 4. The van der Waals surface area contributed by atoms with Crippen molar-refractivity contribution in [2.24, 2.45) is 5.73 Å². The summed E-state index contributed by atoms with van der Waals surface area (Å²) in [7, 11) is 0. The van der Waals surface area contributed by atoms with Crippen molar-refractivity contribution in [3.8, 4) is 0 Å². The van der Waals surface area contributed by atoms with Crippen LogP contribution in [0, 0.1) is 6.92 Å². The van der Waals surface area contributed by atoms with Gasteiger partial charge in [-0.3, -0.25) is 10.1 Å². The quantitative estimate of drug-likeness (QED) is 0.813. The molecule has 1 amide bonds. The fourth-order valence-corrected chi connectivity index (χ4v) is 1.84. The molecule has 2 rings (SSSR count). The molecule has 0 aromatic carbocycles. The Balaban J connectivity index is 2.03. The number of hydrogen-bond donors (Lipinski definition) is 2. The Labute approximate surface area is 102 Å². The highest BCUT2D eigenvalue weighted by Crippen LogP contribution is 2.14. The van der Waals surface area contributed by atoms with Crippen LogP contribution in [0.15, 0.2) is 12.5 Å². The lowest BCUT2D eigenvalue weighted by Gasteiger charge is -1.97. The number of amides is 1. The zero-order chi connectivity index (χ0) is 12.3. The van der Waals surface area contributed by atoms with Gasteiger partial charge in [-0.2, -0.15) is 0 Å². The Morgan fingerprint density at radius 1 is 1.59 bits per heavy atom. The van der Waals surface area contributed by atoms with Crippen LogP contribution in [0.25, 0.3) is 0 Å². The van der Waals surface area contributed by atoms with Gasteiger partial charge in [0.05, 0.1) is 6.33 Å². The summed E-state index contributed by atoms with van der Waals surface area (Å²) >= 11 is 1.32. The first-order valence-electron chi connectivity index (χ1n) is 5.02. The average molecular weight is 252 g/mol. The second-order valence-electron chi connectivity index (χ2n) is 3.37. The molecule has 7 nitrogen and oxygen atoms in total. The maximum Gasteiger partial charge on any atom is 0.277 e. The van der Waals surface area contributed by atoms with Gasteiger partial charge in [-0.25, -0.2) is 4.98 Å². The molecule has 0 saturated heterocycles. The predicted octanol–water partition coefficient (Wildman–Crippen LogP) is 0.254. The van der Waals surface area contributed by atoms with Crippen LogP contribution in [-0.4, -0.2) is 32.2 Å². The highest BCUT2D eigenvalue weighted by Gasteiger charge is 2.11. The summed E-state index contributed by atoms with van der Waals surface area (Å²) in [5.41, 5.74) is 5.75. The molecule has 17 heavy (non-hydrogen) atoms. The molecule has 90 valence electrons. The summed E-state index contributed by atoms with van der Waals surface area (Å²) in [5, 5.41) is 11.5. The maximum atomic E-state index is 11.8. The van der Waals surface area contributed by atoms with Crippen molar-refractivity contribution < 1.29 is 4.79 Å². The molecule has 0 aliphatic heterocycles. The maximum absolute atomic E-state index is 11.8. The molecule has 2 aromatic rings. The Morgan fingerprint density at radius 3 is 3.06 bits per heavy atom. The van der Waals surface area contributed by atoms with E-state index in [0.29, 0.717) is 23.9 Å². The van der Waals surface area contributed by atoms with Crippen LogP contribution >= 0.6 is 11.3 Å². The Hall–Kier alpha value is -1.80. The molecule has 0 unspecified atom stereocenters. The summed E-state index contributed by atoms with van der Waals surface area (Å²) in [6, 6.07) is 0. The van der Waals surface area contributed by atoms with Gasteiger partial charge in [0.2, 0.25) is 5.13 Å². The van der Waals surface area contributed by atoms with E-state index >= 15 is 0 Å². The molecule has 8 heteroatoms. The monoisotopic (exact) mass is 252 g/mol. The van der Waals surface area contributed by atoms with Gasteiger partial charge in [-0.15, -0.1) is 10.2 Å². The smallest absolute Gasteiger partial charge is 0.277 e. The van der Waals surface area contributed by atoms with E-state index in [9.17, 15) is 4.79 Å². The number of nitrogens with one attached hydrogen (secondary N) is 1. The first-order chi connectivity index (χ1) is 8.19. The molecule has 2 aromatic heterocycles. The predicted molar refractivity (Wildman–Crippen MR) is 63.9 cm³/mol. The molecular weight excluding hydrogens is 240 g/mol. The van der Waals surface area contributed by atoms with Gasteiger partial charge in [0, 0.05) is 19.3 Å². The van der Waals surface area contributed by atoms with Crippen LogP contribution in [0.3, 0.4) is 0 Å². The minimum atomic E-state index is -0.295. The SMILES string of the molecule is Cc1nnc(NC(=O)c2cn(CCN)cn2)s1. The second kappa shape index (κ2) is 5.02. The molecule has 0 fully saturated rings. The number of imidazole rings is 1. The molecule has 0 saturated carbocycles. The lowest BCUT2D eigenvalue weighted by Crippen LogP contribution is -2.12. The summed E-state index contributed by atoms with van der Waals surface area (Å²) in [5.74, 6) is -0.295. The molecule has 0 aliphatic carbocycles. The summed E-state index contributed by atoms with van der Waals surface area (Å²) in [6.45, 7) is 2.97. The van der Waals surface area contributed by atoms with E-state index in [0.717, 1.165) is 5.01 Å². The van der Waals surface area contributed by atoms with Gasteiger partial charge in [0.1, 0.15) is 10.7 Å². The van der Waals surface area contributed by atoms with Crippen LogP contribution in [0.2, 0.25) is 0 Å². The van der Waals surface area contributed by atoms with Crippen LogP contribution in [0.4, 0.5) is 5.13 Å². The van der Waals surface area contributed by atoms with Crippen LogP contribution in [0.1, 0.15) is 15.5 Å². The highest BCUT2D eigenvalue weighted by atomic mass is 32.1. The number of aromatic nitrogens is 4. The number of rotatable bonds is 4. The molecule has 2 heterocycles. The van der Waals surface area contributed by atoms with Gasteiger partial charge >= 0.3 is 0 Å². The van der Waals surface area contributed by atoms with E-state index in [1.807, 2.05) is 6.92 Å². The first-order valence-corrected chi connectivity index (χ1v) is 5.84. The van der Waals surface area contributed by atoms with E-state index in [1.54, 1.807) is 17.1 Å². The molecular formula is C9H12N6OS. The third kappa shape index (κ3) is 2.86. The Morgan fingerprint density at radius 2 is 2.41 bits per heavy atom. The van der Waals surface area contributed by atoms with Crippen molar-refractivity contribution in [2.45, 2.75) is 13.5 Å². The van der Waals surface area contributed by atoms with Crippen molar-refractivity contribution in [3.63, 3.8) is 0 Å². The minimum absolute atomic E-state index is 0.295. The number of carbonyl (C=O) groups is 1. The second-order valence-corrected chi connectivity index (χ2v) is 4.55. The van der Waals surface area contributed by atoms with Crippen molar-refractivity contribution in [2.75, 3.05) is 11.9 Å². The first kappa shape index (κ1) is 11.7. The zero-order valence-electron chi connectivity index (χ0n) is 9.25. The lowest BCUT2D eigenvalue weighted by atomic mass is 10.4. The van der Waals surface area contributed by atoms with Crippen molar-refractivity contribution in [1.82, 2.24) is 19.7 Å². The van der Waals surface area contributed by atoms with Crippen molar-refractivity contribution >= 4 is 22.4 Å². The third-order valence-corrected chi connectivity index (χ3v) is 2.75. The van der Waals surface area contributed by atoms with E-state index in [2.05, 4.69) is 20.5 Å². The largest absolute Gasteiger partial charge is 0.335 e. The Bertz CT molecular complexity index is 519. The highest BCUT2D eigenvalue weighted by molar-refractivity contribution is 7.15. The number of hydrogen-bond acceptors (Lipinski definition) is 6. The fraction of sp³-hybridized carbons (Fsp3) is 0.333. The van der Waals surface area contributed by atoms with Crippen molar-refractivity contribution in [3.05, 3.63) is 23.2 Å². The molecule has 3 N–H and O–H groups in total. The molecule has 0 radical (unpaired) electrons. The van der Waals surface area contributed by atoms with E-state index in [-0.39, 0.29) is 5.91 Å². The molecule has 0 bridgehead atoms. The Kier molecular flexibility index (Phi) is 3.45. The van der Waals surface area contributed by atoms with Crippen LogP contribution < -0.4 is 11.1 Å². The molecule has 0 atom stereocenters. The van der Waals surface area contributed by atoms with Gasteiger partial charge in [-0.05, 0) is 6.92 Å².